The van der Waals surface area contributed by atoms with Crippen LogP contribution in [0.5, 0.6) is 5.75 Å². The number of hydrogen-bond donors (Lipinski definition) is 2. The lowest BCUT2D eigenvalue weighted by atomic mass is 10.0. The van der Waals surface area contributed by atoms with Crippen molar-refractivity contribution in [3.8, 4) is 22.7 Å². The maximum atomic E-state index is 10.6. The molecule has 174 valence electrons. The van der Waals surface area contributed by atoms with E-state index in [4.69, 9.17) is 0 Å². The van der Waals surface area contributed by atoms with Crippen LogP contribution in [0.1, 0.15) is 13.8 Å². The van der Waals surface area contributed by atoms with E-state index >= 15 is 0 Å². The summed E-state index contributed by atoms with van der Waals surface area (Å²) in [4.78, 5) is 14.9. The van der Waals surface area contributed by atoms with Crippen molar-refractivity contribution in [3.05, 3.63) is 43.1 Å². The van der Waals surface area contributed by atoms with Crippen molar-refractivity contribution < 1.29 is 5.11 Å². The number of fused-ring (bicyclic) bond motifs is 1. The lowest BCUT2D eigenvalue weighted by Crippen LogP contribution is -2.53. The van der Waals surface area contributed by atoms with Crippen molar-refractivity contribution in [2.75, 3.05) is 24.5 Å². The quantitative estimate of drug-likeness (QED) is 0.445. The van der Waals surface area contributed by atoms with Crippen LogP contribution in [0.3, 0.4) is 0 Å². The molecule has 3 aromatic heterocycles. The second-order valence-corrected chi connectivity index (χ2v) is 7.95. The van der Waals surface area contributed by atoms with Gasteiger partial charge in [-0.1, -0.05) is 13.8 Å². The average molecular weight is 490 g/mol. The lowest BCUT2D eigenvalue weighted by molar-refractivity contribution is 0.365. The number of rotatable bonds is 4. The Morgan fingerprint density at radius 2 is 1.94 bits per heavy atom. The first-order valence-electron chi connectivity index (χ1n) is 10.3. The number of piperazine rings is 1. The van der Waals surface area contributed by atoms with E-state index in [1.165, 1.54) is 6.33 Å². The predicted molar refractivity (Wildman–Crippen MR) is 130 cm³/mol. The predicted octanol–water partition coefficient (Wildman–Crippen LogP) is 2.65. The smallest absolute Gasteiger partial charge is 0.245 e. The minimum absolute atomic E-state index is 0. The summed E-state index contributed by atoms with van der Waals surface area (Å²) in [6.45, 7) is 6.98. The number of nitrogens with zero attached hydrogens (tertiary/aromatic N) is 8. The highest BCUT2D eigenvalue weighted by Gasteiger charge is 2.23. The zero-order chi connectivity index (χ0) is 21.4. The van der Waals surface area contributed by atoms with Crippen LogP contribution in [0.15, 0.2) is 43.1 Å². The van der Waals surface area contributed by atoms with Gasteiger partial charge in [-0.15, -0.1) is 35.0 Å². The van der Waals surface area contributed by atoms with E-state index in [1.54, 1.807) is 35.4 Å². The largest absolute Gasteiger partial charge is 0.507 e. The summed E-state index contributed by atoms with van der Waals surface area (Å²) < 4.78 is 1.66. The van der Waals surface area contributed by atoms with Crippen LogP contribution in [-0.4, -0.2) is 65.7 Å². The fourth-order valence-electron chi connectivity index (χ4n) is 3.78. The van der Waals surface area contributed by atoms with Crippen molar-refractivity contribution in [1.29, 1.82) is 0 Å². The number of phenols is 1. The van der Waals surface area contributed by atoms with Crippen molar-refractivity contribution in [2.24, 2.45) is 5.92 Å². The van der Waals surface area contributed by atoms with Crippen LogP contribution in [0.4, 0.5) is 5.95 Å². The molecular weight excluding hydrogens is 465 g/mol. The molecule has 1 saturated heterocycles. The van der Waals surface area contributed by atoms with Crippen molar-refractivity contribution >= 4 is 41.8 Å². The average Bonchev–Trinajstić information content (AvgIpc) is 3.23. The van der Waals surface area contributed by atoms with Crippen LogP contribution < -0.4 is 10.2 Å². The number of aromatic hydroxyl groups is 1. The minimum atomic E-state index is 0. The van der Waals surface area contributed by atoms with Crippen LogP contribution in [0.25, 0.3) is 28.0 Å². The Labute approximate surface area is 203 Å². The summed E-state index contributed by atoms with van der Waals surface area (Å²) in [6, 6.07) is 5.66. The summed E-state index contributed by atoms with van der Waals surface area (Å²) in [5.41, 5.74) is 2.43. The summed E-state index contributed by atoms with van der Waals surface area (Å²) >= 11 is 0. The molecule has 5 rings (SSSR count). The topological polar surface area (TPSA) is 118 Å². The van der Waals surface area contributed by atoms with E-state index in [0.29, 0.717) is 40.5 Å². The third-order valence-electron chi connectivity index (χ3n) is 5.58. The van der Waals surface area contributed by atoms with Gasteiger partial charge in [0.15, 0.2) is 5.65 Å². The van der Waals surface area contributed by atoms with Crippen LogP contribution in [0.2, 0.25) is 0 Å². The number of phenolic OH excluding ortho intramolecular Hbond substituents is 1. The van der Waals surface area contributed by atoms with Gasteiger partial charge in [-0.05, 0) is 18.1 Å². The third-order valence-corrected chi connectivity index (χ3v) is 5.58. The second kappa shape index (κ2) is 10.2. The van der Waals surface area contributed by atoms with Gasteiger partial charge in [-0.3, -0.25) is 0 Å². The third kappa shape index (κ3) is 4.82. The Morgan fingerprint density at radius 1 is 1.09 bits per heavy atom. The van der Waals surface area contributed by atoms with E-state index in [-0.39, 0.29) is 30.6 Å². The Morgan fingerprint density at radius 3 is 2.67 bits per heavy atom. The maximum absolute atomic E-state index is 10.6. The number of halogens is 2. The molecule has 33 heavy (non-hydrogen) atoms. The first-order valence-corrected chi connectivity index (χ1v) is 10.3. The standard InChI is InChI=1S/C21H23N9O.2ClH/c1-13(2)18-11-29(6-5-23-18)21-24-10-17(27-28-21)16-4-3-15(7-19(16)31)30-20-14(9-26-30)8-22-12-25-20;;/h3-4,7-10,12-13,18,23,31H,5-6,11H2,1-2H3;2*1H/t18-;;/m1../s1. The summed E-state index contributed by atoms with van der Waals surface area (Å²) in [5, 5.41) is 28.0. The lowest BCUT2D eigenvalue weighted by Gasteiger charge is -2.35. The minimum Gasteiger partial charge on any atom is -0.507 e. The molecule has 0 unspecified atom stereocenters. The molecule has 4 heterocycles. The molecule has 0 bridgehead atoms. The van der Waals surface area contributed by atoms with E-state index in [2.05, 4.69) is 54.3 Å². The fraction of sp³-hybridized carbons (Fsp3) is 0.333. The fourth-order valence-corrected chi connectivity index (χ4v) is 3.78. The molecular formula is C21H25Cl2N9O. The molecule has 2 N–H and O–H groups in total. The zero-order valence-electron chi connectivity index (χ0n) is 18.2. The molecule has 1 fully saturated rings. The summed E-state index contributed by atoms with van der Waals surface area (Å²) in [6.07, 6.45) is 6.51. The van der Waals surface area contributed by atoms with Gasteiger partial charge in [-0.2, -0.15) is 5.10 Å². The Bertz CT molecular complexity index is 1220. The van der Waals surface area contributed by atoms with Gasteiger partial charge >= 0.3 is 0 Å². The normalized spacial score (nSPS) is 15.8. The Balaban J connectivity index is 0.00000153. The van der Waals surface area contributed by atoms with Gasteiger partial charge < -0.3 is 15.3 Å². The monoisotopic (exact) mass is 489 g/mol. The first kappa shape index (κ1) is 24.6. The zero-order valence-corrected chi connectivity index (χ0v) is 19.8. The number of nitrogens with one attached hydrogen (secondary N) is 1. The molecule has 10 nitrogen and oxygen atoms in total. The van der Waals surface area contributed by atoms with Crippen molar-refractivity contribution in [3.63, 3.8) is 0 Å². The molecule has 1 aliphatic rings. The summed E-state index contributed by atoms with van der Waals surface area (Å²) in [7, 11) is 0. The number of anilines is 1. The van der Waals surface area contributed by atoms with Crippen LogP contribution >= 0.6 is 24.8 Å². The summed E-state index contributed by atoms with van der Waals surface area (Å²) in [5.74, 6) is 1.21. The first-order chi connectivity index (χ1) is 15.1. The van der Waals surface area contributed by atoms with Gasteiger partial charge in [0.2, 0.25) is 5.95 Å². The maximum Gasteiger partial charge on any atom is 0.245 e. The molecule has 4 aromatic rings. The highest BCUT2D eigenvalue weighted by atomic mass is 35.5. The second-order valence-electron chi connectivity index (χ2n) is 7.95. The molecule has 0 amide bonds. The van der Waals surface area contributed by atoms with Gasteiger partial charge in [-0.25, -0.2) is 19.6 Å². The van der Waals surface area contributed by atoms with Gasteiger partial charge in [0, 0.05) is 43.5 Å². The molecule has 0 radical (unpaired) electrons. The van der Waals surface area contributed by atoms with Gasteiger partial charge in [0.25, 0.3) is 0 Å². The van der Waals surface area contributed by atoms with Crippen LogP contribution in [0, 0.1) is 5.92 Å². The highest BCUT2D eigenvalue weighted by molar-refractivity contribution is 5.85. The molecule has 1 atom stereocenters. The van der Waals surface area contributed by atoms with E-state index in [1.807, 2.05) is 6.07 Å². The molecule has 0 saturated carbocycles. The van der Waals surface area contributed by atoms with E-state index in [9.17, 15) is 5.11 Å². The molecule has 0 spiro atoms. The van der Waals surface area contributed by atoms with Crippen molar-refractivity contribution in [1.82, 2.24) is 40.2 Å². The molecule has 1 aromatic carbocycles. The number of hydrogen-bond acceptors (Lipinski definition) is 9. The highest BCUT2D eigenvalue weighted by Crippen LogP contribution is 2.30. The van der Waals surface area contributed by atoms with E-state index in [0.717, 1.165) is 25.0 Å². The SMILES string of the molecule is CC(C)[C@H]1CN(c2ncc(-c3ccc(-n4ncc5cncnc54)cc3O)nn2)CCN1.Cl.Cl. The Kier molecular flexibility index (Phi) is 7.62. The number of aromatic nitrogens is 7. The van der Waals surface area contributed by atoms with Gasteiger partial charge in [0.05, 0.1) is 23.5 Å². The molecule has 12 heteroatoms. The van der Waals surface area contributed by atoms with Gasteiger partial charge in [0.1, 0.15) is 17.8 Å². The number of benzene rings is 1. The van der Waals surface area contributed by atoms with E-state index < -0.39 is 0 Å². The molecule has 1 aliphatic heterocycles. The molecule has 0 aliphatic carbocycles. The van der Waals surface area contributed by atoms with Crippen molar-refractivity contribution in [2.45, 2.75) is 19.9 Å². The van der Waals surface area contributed by atoms with Crippen LogP contribution in [-0.2, 0) is 0 Å². The Hall–Kier alpha value is -3.08.